The van der Waals surface area contributed by atoms with Gasteiger partial charge in [0.25, 0.3) is 5.56 Å². The molecule has 2 aromatic rings. The van der Waals surface area contributed by atoms with E-state index in [9.17, 15) is 9.59 Å². The highest BCUT2D eigenvalue weighted by Crippen LogP contribution is 2.35. The molecule has 0 saturated heterocycles. The van der Waals surface area contributed by atoms with Crippen LogP contribution in [0.25, 0.3) is 10.2 Å². The lowest BCUT2D eigenvalue weighted by Crippen LogP contribution is -2.32. The van der Waals surface area contributed by atoms with Crippen molar-refractivity contribution in [1.29, 1.82) is 0 Å². The molecule has 1 N–H and O–H groups in total. The molecule has 0 aliphatic heterocycles. The average molecular weight is 408 g/mol. The Balaban J connectivity index is 2.03. The summed E-state index contributed by atoms with van der Waals surface area (Å²) in [6, 6.07) is 0. The SMILES string of the molecule is CCCCCn1c(S[C@@H](C)C(=O)NCC)nc2sc3c(c2c1=O)CCCC3. The van der Waals surface area contributed by atoms with Crippen LogP contribution in [-0.2, 0) is 24.2 Å². The van der Waals surface area contributed by atoms with Crippen molar-refractivity contribution in [3.63, 3.8) is 0 Å². The zero-order chi connectivity index (χ0) is 19.4. The van der Waals surface area contributed by atoms with Gasteiger partial charge in [-0.1, -0.05) is 31.5 Å². The van der Waals surface area contributed by atoms with Crippen LogP contribution in [0.5, 0.6) is 0 Å². The average Bonchev–Trinajstić information content (AvgIpc) is 3.02. The van der Waals surface area contributed by atoms with Crippen molar-refractivity contribution in [1.82, 2.24) is 14.9 Å². The number of carbonyl (C=O) groups excluding carboxylic acids is 1. The molecular formula is C20H29N3O2S2. The quantitative estimate of drug-likeness (QED) is 0.406. The minimum Gasteiger partial charge on any atom is -0.355 e. The minimum absolute atomic E-state index is 0.0116. The van der Waals surface area contributed by atoms with Crippen molar-refractivity contribution in [2.45, 2.75) is 82.7 Å². The Hall–Kier alpha value is -1.34. The van der Waals surface area contributed by atoms with E-state index in [2.05, 4.69) is 12.2 Å². The van der Waals surface area contributed by atoms with Crippen LogP contribution in [0, 0.1) is 0 Å². The van der Waals surface area contributed by atoms with Crippen molar-refractivity contribution in [3.05, 3.63) is 20.8 Å². The van der Waals surface area contributed by atoms with E-state index in [-0.39, 0.29) is 16.7 Å². The Morgan fingerprint density at radius 3 is 2.81 bits per heavy atom. The second-order valence-electron chi connectivity index (χ2n) is 7.10. The first-order valence-corrected chi connectivity index (χ1v) is 11.8. The highest BCUT2D eigenvalue weighted by Gasteiger charge is 2.24. The maximum atomic E-state index is 13.4. The molecule has 0 radical (unpaired) electrons. The van der Waals surface area contributed by atoms with Gasteiger partial charge < -0.3 is 5.32 Å². The van der Waals surface area contributed by atoms with E-state index in [1.165, 1.54) is 28.6 Å². The molecule has 3 rings (SSSR count). The summed E-state index contributed by atoms with van der Waals surface area (Å²) in [5, 5.41) is 4.10. The molecule has 148 valence electrons. The van der Waals surface area contributed by atoms with Gasteiger partial charge >= 0.3 is 0 Å². The summed E-state index contributed by atoms with van der Waals surface area (Å²) < 4.78 is 1.82. The van der Waals surface area contributed by atoms with Gasteiger partial charge in [-0.05, 0) is 51.5 Å². The largest absolute Gasteiger partial charge is 0.355 e. The maximum absolute atomic E-state index is 13.4. The number of thiophene rings is 1. The van der Waals surface area contributed by atoms with Gasteiger partial charge in [-0.2, -0.15) is 0 Å². The summed E-state index contributed by atoms with van der Waals surface area (Å²) in [5.74, 6) is -0.0116. The first-order chi connectivity index (χ1) is 13.1. The van der Waals surface area contributed by atoms with E-state index < -0.39 is 0 Å². The number of nitrogens with one attached hydrogen (secondary N) is 1. The number of fused-ring (bicyclic) bond motifs is 3. The number of carbonyl (C=O) groups is 1. The molecule has 1 atom stereocenters. The van der Waals surface area contributed by atoms with Gasteiger partial charge in [-0.15, -0.1) is 11.3 Å². The van der Waals surface area contributed by atoms with Crippen molar-refractivity contribution >= 4 is 39.2 Å². The number of unbranched alkanes of at least 4 members (excludes halogenated alkanes) is 2. The zero-order valence-corrected chi connectivity index (χ0v) is 18.1. The molecule has 2 heterocycles. The van der Waals surface area contributed by atoms with Crippen molar-refractivity contribution in [2.24, 2.45) is 0 Å². The molecule has 2 aromatic heterocycles. The third-order valence-corrected chi connectivity index (χ3v) is 7.30. The highest BCUT2D eigenvalue weighted by atomic mass is 32.2. The Morgan fingerprint density at radius 1 is 1.30 bits per heavy atom. The topological polar surface area (TPSA) is 64.0 Å². The molecule has 1 aliphatic rings. The molecule has 1 amide bonds. The first kappa shape index (κ1) is 20.4. The van der Waals surface area contributed by atoms with Gasteiger partial charge in [0, 0.05) is 18.0 Å². The lowest BCUT2D eigenvalue weighted by Gasteiger charge is -2.16. The summed E-state index contributed by atoms with van der Waals surface area (Å²) >= 11 is 3.07. The lowest BCUT2D eigenvalue weighted by molar-refractivity contribution is -0.120. The van der Waals surface area contributed by atoms with Crippen LogP contribution >= 0.6 is 23.1 Å². The summed E-state index contributed by atoms with van der Waals surface area (Å²) in [7, 11) is 0. The van der Waals surface area contributed by atoms with E-state index in [4.69, 9.17) is 4.98 Å². The Bertz CT molecular complexity index is 872. The van der Waals surface area contributed by atoms with Crippen LogP contribution in [0.2, 0.25) is 0 Å². The standard InChI is InChI=1S/C20H29N3O2S2/c1-4-6-9-12-23-19(25)16-14-10-7-8-11-15(14)27-18(16)22-20(23)26-13(3)17(24)21-5-2/h13H,4-12H2,1-3H3,(H,21,24)/t13-/m0/s1. The number of aromatic nitrogens is 2. The fraction of sp³-hybridized carbons (Fsp3) is 0.650. The lowest BCUT2D eigenvalue weighted by atomic mass is 9.97. The number of thioether (sulfide) groups is 1. The molecule has 7 heteroatoms. The molecule has 0 spiro atoms. The van der Waals surface area contributed by atoms with Gasteiger partial charge in [-0.25, -0.2) is 4.98 Å². The number of nitrogens with zero attached hydrogens (tertiary/aromatic N) is 2. The fourth-order valence-corrected chi connectivity index (χ4v) is 5.82. The summed E-state index contributed by atoms with van der Waals surface area (Å²) in [6.45, 7) is 7.23. The fourth-order valence-electron chi connectivity index (χ4n) is 3.56. The van der Waals surface area contributed by atoms with E-state index >= 15 is 0 Å². The van der Waals surface area contributed by atoms with Crippen LogP contribution in [0.4, 0.5) is 0 Å². The zero-order valence-electron chi connectivity index (χ0n) is 16.5. The number of hydrogen-bond donors (Lipinski definition) is 1. The molecule has 0 bridgehead atoms. The molecule has 5 nitrogen and oxygen atoms in total. The Kier molecular flexibility index (Phi) is 6.98. The van der Waals surface area contributed by atoms with Crippen LogP contribution in [0.15, 0.2) is 9.95 Å². The molecule has 0 saturated carbocycles. The predicted octanol–water partition coefficient (Wildman–Crippen LogP) is 4.14. The van der Waals surface area contributed by atoms with E-state index in [1.54, 1.807) is 11.3 Å². The van der Waals surface area contributed by atoms with Crippen LogP contribution < -0.4 is 10.9 Å². The van der Waals surface area contributed by atoms with E-state index in [1.807, 2.05) is 18.4 Å². The number of rotatable bonds is 8. The normalized spacial score (nSPS) is 14.9. The molecule has 27 heavy (non-hydrogen) atoms. The Labute approximate surface area is 169 Å². The third-order valence-electron chi connectivity index (χ3n) is 5.03. The molecule has 0 fully saturated rings. The number of hydrogen-bond acceptors (Lipinski definition) is 5. The molecule has 1 aliphatic carbocycles. The monoisotopic (exact) mass is 407 g/mol. The van der Waals surface area contributed by atoms with Crippen molar-refractivity contribution in [3.8, 4) is 0 Å². The van der Waals surface area contributed by atoms with Gasteiger partial charge in [0.1, 0.15) is 4.83 Å². The first-order valence-electron chi connectivity index (χ1n) is 10.1. The van der Waals surface area contributed by atoms with Gasteiger partial charge in [0.2, 0.25) is 5.91 Å². The summed E-state index contributed by atoms with van der Waals surface area (Å²) in [5.41, 5.74) is 1.32. The van der Waals surface area contributed by atoms with E-state index in [0.717, 1.165) is 48.7 Å². The predicted molar refractivity (Wildman–Crippen MR) is 114 cm³/mol. The molecule has 0 aromatic carbocycles. The number of amides is 1. The van der Waals surface area contributed by atoms with E-state index in [0.29, 0.717) is 18.2 Å². The summed E-state index contributed by atoms with van der Waals surface area (Å²) in [6.07, 6.45) is 7.54. The van der Waals surface area contributed by atoms with Crippen molar-refractivity contribution < 1.29 is 4.79 Å². The van der Waals surface area contributed by atoms with Gasteiger partial charge in [-0.3, -0.25) is 14.2 Å². The minimum atomic E-state index is -0.277. The molecular weight excluding hydrogens is 378 g/mol. The highest BCUT2D eigenvalue weighted by molar-refractivity contribution is 8.00. The van der Waals surface area contributed by atoms with Gasteiger partial charge in [0.15, 0.2) is 5.16 Å². The van der Waals surface area contributed by atoms with Gasteiger partial charge in [0.05, 0.1) is 10.6 Å². The maximum Gasteiger partial charge on any atom is 0.263 e. The van der Waals surface area contributed by atoms with Crippen LogP contribution in [0.1, 0.15) is 63.3 Å². The summed E-state index contributed by atoms with van der Waals surface area (Å²) in [4.78, 5) is 32.6. The molecule has 0 unspecified atom stereocenters. The second kappa shape index (κ2) is 9.24. The second-order valence-corrected chi connectivity index (χ2v) is 9.50. The number of aryl methyl sites for hydroxylation is 2. The van der Waals surface area contributed by atoms with Crippen LogP contribution in [-0.4, -0.2) is 27.3 Å². The third kappa shape index (κ3) is 4.40. The Morgan fingerprint density at radius 2 is 2.07 bits per heavy atom. The smallest absolute Gasteiger partial charge is 0.263 e. The van der Waals surface area contributed by atoms with Crippen molar-refractivity contribution in [2.75, 3.05) is 6.54 Å². The van der Waals surface area contributed by atoms with Crippen LogP contribution in [0.3, 0.4) is 0 Å².